The Hall–Kier alpha value is -0.870. The second-order valence-corrected chi connectivity index (χ2v) is 4.81. The minimum atomic E-state index is -0.279. The Balaban J connectivity index is 2.28. The van der Waals surface area contributed by atoms with Gasteiger partial charge < -0.3 is 9.80 Å². The normalized spacial score (nSPS) is 21.9. The van der Waals surface area contributed by atoms with Gasteiger partial charge in [0.1, 0.15) is 0 Å². The van der Waals surface area contributed by atoms with Crippen LogP contribution in [0.3, 0.4) is 0 Å². The molecule has 1 atom stereocenters. The van der Waals surface area contributed by atoms with Gasteiger partial charge in [-0.15, -0.1) is 11.6 Å². The van der Waals surface area contributed by atoms with Gasteiger partial charge in [-0.25, -0.2) is 9.37 Å². The van der Waals surface area contributed by atoms with Crippen LogP contribution in [0.15, 0.2) is 12.3 Å². The average molecular weight is 258 g/mol. The van der Waals surface area contributed by atoms with Crippen LogP contribution in [0.2, 0.25) is 0 Å². The molecule has 0 N–H and O–H groups in total. The Morgan fingerprint density at radius 3 is 2.94 bits per heavy atom. The van der Waals surface area contributed by atoms with Crippen LogP contribution in [-0.2, 0) is 5.88 Å². The molecule has 17 heavy (non-hydrogen) atoms. The first-order valence-electron chi connectivity index (χ1n) is 5.78. The molecule has 94 valence electrons. The van der Waals surface area contributed by atoms with Gasteiger partial charge in [-0.3, -0.25) is 0 Å². The Labute approximate surface area is 106 Å². The SMILES string of the molecule is CC1CN(C)CCN1c1nccc(CCl)c1F. The molecule has 3 nitrogen and oxygen atoms in total. The molecule has 1 saturated heterocycles. The van der Waals surface area contributed by atoms with Gasteiger partial charge in [0.15, 0.2) is 11.6 Å². The number of likely N-dealkylation sites (N-methyl/N-ethyl adjacent to an activating group) is 1. The molecular weight excluding hydrogens is 241 g/mol. The van der Waals surface area contributed by atoms with Crippen LogP contribution in [0.4, 0.5) is 10.2 Å². The molecule has 1 aliphatic rings. The van der Waals surface area contributed by atoms with E-state index >= 15 is 0 Å². The molecular formula is C12H17ClFN3. The van der Waals surface area contributed by atoms with Gasteiger partial charge in [0, 0.05) is 37.4 Å². The van der Waals surface area contributed by atoms with Gasteiger partial charge in [0.05, 0.1) is 5.88 Å². The van der Waals surface area contributed by atoms with Gasteiger partial charge in [-0.1, -0.05) is 0 Å². The van der Waals surface area contributed by atoms with Crippen molar-refractivity contribution in [2.24, 2.45) is 0 Å². The monoisotopic (exact) mass is 257 g/mol. The second kappa shape index (κ2) is 5.19. The number of anilines is 1. The van der Waals surface area contributed by atoms with Crippen molar-refractivity contribution < 1.29 is 4.39 Å². The lowest BCUT2D eigenvalue weighted by atomic mass is 10.2. The smallest absolute Gasteiger partial charge is 0.170 e. The minimum Gasteiger partial charge on any atom is -0.349 e. The molecule has 5 heteroatoms. The summed E-state index contributed by atoms with van der Waals surface area (Å²) in [7, 11) is 2.08. The van der Waals surface area contributed by atoms with Crippen LogP contribution < -0.4 is 4.90 Å². The van der Waals surface area contributed by atoms with Crippen molar-refractivity contribution in [2.75, 3.05) is 31.6 Å². The van der Waals surface area contributed by atoms with E-state index in [4.69, 9.17) is 11.6 Å². The second-order valence-electron chi connectivity index (χ2n) is 4.55. The molecule has 0 spiro atoms. The van der Waals surface area contributed by atoms with E-state index in [1.165, 1.54) is 0 Å². The highest BCUT2D eigenvalue weighted by atomic mass is 35.5. The highest BCUT2D eigenvalue weighted by Gasteiger charge is 2.25. The molecule has 1 aliphatic heterocycles. The summed E-state index contributed by atoms with van der Waals surface area (Å²) < 4.78 is 14.1. The summed E-state index contributed by atoms with van der Waals surface area (Å²) in [4.78, 5) is 8.42. The van der Waals surface area contributed by atoms with E-state index in [0.717, 1.165) is 19.6 Å². The van der Waals surface area contributed by atoms with Crippen LogP contribution in [0.25, 0.3) is 0 Å². The lowest BCUT2D eigenvalue weighted by Crippen LogP contribution is -2.51. The molecule has 0 bridgehead atoms. The summed E-state index contributed by atoms with van der Waals surface area (Å²) in [5.74, 6) is 0.339. The zero-order valence-electron chi connectivity index (χ0n) is 10.2. The van der Waals surface area contributed by atoms with Gasteiger partial charge in [-0.05, 0) is 20.0 Å². The quantitative estimate of drug-likeness (QED) is 0.757. The van der Waals surface area contributed by atoms with Crippen LogP contribution >= 0.6 is 11.6 Å². The van der Waals surface area contributed by atoms with Crippen molar-refractivity contribution in [1.82, 2.24) is 9.88 Å². The molecule has 1 fully saturated rings. The van der Waals surface area contributed by atoms with E-state index in [9.17, 15) is 4.39 Å². The molecule has 0 saturated carbocycles. The number of nitrogens with zero attached hydrogens (tertiary/aromatic N) is 3. The van der Waals surface area contributed by atoms with Crippen LogP contribution in [0.1, 0.15) is 12.5 Å². The number of halogens is 2. The average Bonchev–Trinajstić information content (AvgIpc) is 2.30. The van der Waals surface area contributed by atoms with E-state index in [1.54, 1.807) is 12.3 Å². The maximum atomic E-state index is 14.1. The molecule has 2 rings (SSSR count). The zero-order valence-corrected chi connectivity index (χ0v) is 10.9. The van der Waals surface area contributed by atoms with Crippen molar-refractivity contribution in [1.29, 1.82) is 0 Å². The first-order valence-corrected chi connectivity index (χ1v) is 6.31. The minimum absolute atomic E-state index is 0.184. The lowest BCUT2D eigenvalue weighted by molar-refractivity contribution is 0.273. The fourth-order valence-corrected chi connectivity index (χ4v) is 2.44. The van der Waals surface area contributed by atoms with Crippen molar-refractivity contribution in [3.63, 3.8) is 0 Å². The summed E-state index contributed by atoms with van der Waals surface area (Å²) in [6.45, 7) is 4.74. The number of piperazine rings is 1. The van der Waals surface area contributed by atoms with Gasteiger partial charge >= 0.3 is 0 Å². The molecule has 0 amide bonds. The van der Waals surface area contributed by atoms with E-state index in [1.807, 2.05) is 4.90 Å². The summed E-state index contributed by atoms with van der Waals surface area (Å²) in [5, 5.41) is 0. The summed E-state index contributed by atoms with van der Waals surface area (Å²) in [6, 6.07) is 1.90. The summed E-state index contributed by atoms with van der Waals surface area (Å²) in [5.41, 5.74) is 0.516. The van der Waals surface area contributed by atoms with Crippen LogP contribution in [-0.4, -0.2) is 42.6 Å². The van der Waals surface area contributed by atoms with Crippen molar-refractivity contribution in [2.45, 2.75) is 18.8 Å². The number of aromatic nitrogens is 1. The predicted octanol–water partition coefficient (Wildman–Crippen LogP) is 2.10. The molecule has 0 aromatic carbocycles. The summed E-state index contributed by atoms with van der Waals surface area (Å²) in [6.07, 6.45) is 1.63. The molecule has 2 heterocycles. The van der Waals surface area contributed by atoms with E-state index in [0.29, 0.717) is 11.4 Å². The standard InChI is InChI=1S/C12H17ClFN3/c1-9-8-16(2)5-6-17(9)12-11(14)10(7-13)3-4-15-12/h3-4,9H,5-8H2,1-2H3. The first kappa shape index (κ1) is 12.6. The van der Waals surface area contributed by atoms with Crippen molar-refractivity contribution in [3.8, 4) is 0 Å². The van der Waals surface area contributed by atoms with E-state index in [-0.39, 0.29) is 17.7 Å². The Morgan fingerprint density at radius 1 is 1.53 bits per heavy atom. The molecule has 0 radical (unpaired) electrons. The maximum Gasteiger partial charge on any atom is 0.170 e. The third kappa shape index (κ3) is 2.53. The molecule has 1 aromatic rings. The highest BCUT2D eigenvalue weighted by Crippen LogP contribution is 2.24. The first-order chi connectivity index (χ1) is 8.13. The van der Waals surface area contributed by atoms with Gasteiger partial charge in [0.2, 0.25) is 0 Å². The maximum absolute atomic E-state index is 14.1. The number of hydrogen-bond donors (Lipinski definition) is 0. The van der Waals surface area contributed by atoms with Crippen LogP contribution in [0, 0.1) is 5.82 Å². The molecule has 0 aliphatic carbocycles. The predicted molar refractivity (Wildman–Crippen MR) is 68.1 cm³/mol. The van der Waals surface area contributed by atoms with Crippen molar-refractivity contribution >= 4 is 17.4 Å². The van der Waals surface area contributed by atoms with E-state index < -0.39 is 0 Å². The van der Waals surface area contributed by atoms with Crippen LogP contribution in [0.5, 0.6) is 0 Å². The number of rotatable bonds is 2. The third-order valence-corrected chi connectivity index (χ3v) is 3.49. The Kier molecular flexibility index (Phi) is 3.84. The zero-order chi connectivity index (χ0) is 12.4. The number of pyridine rings is 1. The fourth-order valence-electron chi connectivity index (χ4n) is 2.23. The highest BCUT2D eigenvalue weighted by molar-refractivity contribution is 6.17. The molecule has 1 unspecified atom stereocenters. The Bertz CT molecular complexity index is 399. The van der Waals surface area contributed by atoms with Crippen molar-refractivity contribution in [3.05, 3.63) is 23.6 Å². The topological polar surface area (TPSA) is 19.4 Å². The Morgan fingerprint density at radius 2 is 2.29 bits per heavy atom. The summed E-state index contributed by atoms with van der Waals surface area (Å²) >= 11 is 5.71. The van der Waals surface area contributed by atoms with E-state index in [2.05, 4.69) is 23.9 Å². The largest absolute Gasteiger partial charge is 0.349 e. The third-order valence-electron chi connectivity index (χ3n) is 3.20. The lowest BCUT2D eigenvalue weighted by Gasteiger charge is -2.39. The fraction of sp³-hybridized carbons (Fsp3) is 0.583. The van der Waals surface area contributed by atoms with Gasteiger partial charge in [-0.2, -0.15) is 0 Å². The molecule has 1 aromatic heterocycles. The number of alkyl halides is 1. The van der Waals surface area contributed by atoms with Gasteiger partial charge in [0.25, 0.3) is 0 Å². The number of hydrogen-bond acceptors (Lipinski definition) is 3.